The van der Waals surface area contributed by atoms with Crippen molar-refractivity contribution in [2.75, 3.05) is 6.26 Å². The van der Waals surface area contributed by atoms with Crippen LogP contribution in [0.25, 0.3) is 0 Å². The number of rotatable bonds is 3. The third-order valence-electron chi connectivity index (χ3n) is 2.53. The number of benzene rings is 2. The van der Waals surface area contributed by atoms with Gasteiger partial charge in [-0.3, -0.25) is 4.79 Å². The first kappa shape index (κ1) is 13.5. The lowest BCUT2D eigenvalue weighted by atomic mass is 10.0. The van der Waals surface area contributed by atoms with Crippen molar-refractivity contribution in [3.8, 4) is 0 Å². The summed E-state index contributed by atoms with van der Waals surface area (Å²) < 4.78 is 0. The molecule has 0 aliphatic rings. The maximum atomic E-state index is 12.2. The fraction of sp³-hybridized carbons (Fsp3) is 0.0714. The maximum Gasteiger partial charge on any atom is 0.194 e. The van der Waals surface area contributed by atoms with E-state index in [0.717, 1.165) is 4.90 Å². The van der Waals surface area contributed by atoms with Gasteiger partial charge in [-0.05, 0) is 48.7 Å². The zero-order valence-electron chi connectivity index (χ0n) is 9.61. The molecule has 0 N–H and O–H groups in total. The van der Waals surface area contributed by atoms with Crippen molar-refractivity contribution in [3.05, 3.63) is 63.6 Å². The molecule has 0 unspecified atom stereocenters. The van der Waals surface area contributed by atoms with Gasteiger partial charge >= 0.3 is 0 Å². The second-order valence-electron chi connectivity index (χ2n) is 3.68. The van der Waals surface area contributed by atoms with Crippen molar-refractivity contribution in [1.29, 1.82) is 0 Å². The van der Waals surface area contributed by atoms with E-state index in [4.69, 9.17) is 23.2 Å². The highest BCUT2D eigenvalue weighted by Gasteiger charge is 2.12. The summed E-state index contributed by atoms with van der Waals surface area (Å²) in [7, 11) is 0. The molecular formula is C14H10Cl2OS. The van der Waals surface area contributed by atoms with Crippen LogP contribution < -0.4 is 0 Å². The number of thioether (sulfide) groups is 1. The molecule has 0 spiro atoms. The van der Waals surface area contributed by atoms with Crippen molar-refractivity contribution in [2.45, 2.75) is 4.90 Å². The molecule has 4 heteroatoms. The summed E-state index contributed by atoms with van der Waals surface area (Å²) >= 11 is 13.5. The Morgan fingerprint density at radius 3 is 2.28 bits per heavy atom. The van der Waals surface area contributed by atoms with E-state index in [-0.39, 0.29) is 5.78 Å². The molecule has 0 aliphatic carbocycles. The Morgan fingerprint density at radius 1 is 1.06 bits per heavy atom. The summed E-state index contributed by atoms with van der Waals surface area (Å²) in [5, 5.41) is 0.899. The van der Waals surface area contributed by atoms with Gasteiger partial charge in [-0.1, -0.05) is 23.2 Å². The SMILES string of the molecule is CSc1ccc(C(=O)c2ccc(Cl)cc2Cl)cc1. The molecule has 0 amide bonds. The highest BCUT2D eigenvalue weighted by molar-refractivity contribution is 7.98. The molecule has 0 atom stereocenters. The maximum absolute atomic E-state index is 12.2. The largest absolute Gasteiger partial charge is 0.289 e. The number of carbonyl (C=O) groups is 1. The average molecular weight is 297 g/mol. The summed E-state index contributed by atoms with van der Waals surface area (Å²) in [6, 6.07) is 12.3. The lowest BCUT2D eigenvalue weighted by Crippen LogP contribution is -2.01. The molecule has 18 heavy (non-hydrogen) atoms. The van der Waals surface area contributed by atoms with Crippen LogP contribution in [0.4, 0.5) is 0 Å². The lowest BCUT2D eigenvalue weighted by molar-refractivity contribution is 0.103. The van der Waals surface area contributed by atoms with Crippen molar-refractivity contribution >= 4 is 40.7 Å². The molecule has 0 aliphatic heterocycles. The molecule has 0 bridgehead atoms. The van der Waals surface area contributed by atoms with Gasteiger partial charge in [-0.2, -0.15) is 0 Å². The van der Waals surface area contributed by atoms with Gasteiger partial charge < -0.3 is 0 Å². The summed E-state index contributed by atoms with van der Waals surface area (Å²) in [5.41, 5.74) is 1.09. The van der Waals surface area contributed by atoms with Gasteiger partial charge in [0.05, 0.1) is 5.02 Å². The molecular weight excluding hydrogens is 287 g/mol. The number of carbonyl (C=O) groups excluding carboxylic acids is 1. The van der Waals surface area contributed by atoms with E-state index in [9.17, 15) is 4.79 Å². The Labute approximate surface area is 120 Å². The van der Waals surface area contributed by atoms with Gasteiger partial charge in [-0.25, -0.2) is 0 Å². The summed E-state index contributed by atoms with van der Waals surface area (Å²) in [6.45, 7) is 0. The molecule has 0 radical (unpaired) electrons. The summed E-state index contributed by atoms with van der Waals surface area (Å²) in [6.07, 6.45) is 1.99. The van der Waals surface area contributed by atoms with Crippen LogP contribution in [0.3, 0.4) is 0 Å². The van der Waals surface area contributed by atoms with E-state index >= 15 is 0 Å². The number of ketones is 1. The Hall–Kier alpha value is -0.960. The Balaban J connectivity index is 2.35. The van der Waals surface area contributed by atoms with E-state index in [1.807, 2.05) is 18.4 Å². The topological polar surface area (TPSA) is 17.1 Å². The minimum atomic E-state index is -0.0932. The summed E-state index contributed by atoms with van der Waals surface area (Å²) in [5.74, 6) is -0.0932. The Morgan fingerprint density at radius 2 is 1.72 bits per heavy atom. The third-order valence-corrected chi connectivity index (χ3v) is 3.82. The second kappa shape index (κ2) is 5.79. The molecule has 1 nitrogen and oxygen atoms in total. The van der Waals surface area contributed by atoms with Gasteiger partial charge in [0.2, 0.25) is 0 Å². The van der Waals surface area contributed by atoms with Crippen molar-refractivity contribution in [3.63, 3.8) is 0 Å². The fourth-order valence-electron chi connectivity index (χ4n) is 1.57. The molecule has 0 saturated heterocycles. The first-order valence-electron chi connectivity index (χ1n) is 5.25. The smallest absolute Gasteiger partial charge is 0.194 e. The van der Waals surface area contributed by atoms with E-state index in [1.54, 1.807) is 42.1 Å². The normalized spacial score (nSPS) is 10.4. The standard InChI is InChI=1S/C14H10Cl2OS/c1-18-11-5-2-9(3-6-11)14(17)12-7-4-10(15)8-13(12)16/h2-8H,1H3. The number of halogens is 2. The van der Waals surface area contributed by atoms with Gasteiger partial charge in [0.25, 0.3) is 0 Å². The Kier molecular flexibility index (Phi) is 4.33. The minimum Gasteiger partial charge on any atom is -0.289 e. The van der Waals surface area contributed by atoms with Crippen LogP contribution in [0.5, 0.6) is 0 Å². The van der Waals surface area contributed by atoms with Crippen LogP contribution in [-0.4, -0.2) is 12.0 Å². The number of hydrogen-bond donors (Lipinski definition) is 0. The molecule has 2 aromatic rings. The van der Waals surface area contributed by atoms with Crippen molar-refractivity contribution in [1.82, 2.24) is 0 Å². The van der Waals surface area contributed by atoms with Crippen LogP contribution >= 0.6 is 35.0 Å². The third kappa shape index (κ3) is 2.89. The Bertz CT molecular complexity index is 579. The van der Waals surface area contributed by atoms with E-state index in [1.165, 1.54) is 0 Å². The van der Waals surface area contributed by atoms with Crippen LogP contribution in [-0.2, 0) is 0 Å². The van der Waals surface area contributed by atoms with Crippen molar-refractivity contribution < 1.29 is 4.79 Å². The first-order chi connectivity index (χ1) is 8.61. The monoisotopic (exact) mass is 296 g/mol. The molecule has 92 valence electrons. The molecule has 0 fully saturated rings. The van der Waals surface area contributed by atoms with E-state index in [2.05, 4.69) is 0 Å². The zero-order valence-corrected chi connectivity index (χ0v) is 11.9. The predicted molar refractivity (Wildman–Crippen MR) is 78.1 cm³/mol. The average Bonchev–Trinajstić information content (AvgIpc) is 2.38. The zero-order chi connectivity index (χ0) is 13.1. The fourth-order valence-corrected chi connectivity index (χ4v) is 2.47. The molecule has 0 saturated carbocycles. The van der Waals surface area contributed by atoms with Crippen LogP contribution in [0, 0.1) is 0 Å². The van der Waals surface area contributed by atoms with Crippen LogP contribution in [0.1, 0.15) is 15.9 Å². The highest BCUT2D eigenvalue weighted by Crippen LogP contribution is 2.24. The lowest BCUT2D eigenvalue weighted by Gasteiger charge is -2.05. The van der Waals surface area contributed by atoms with Crippen LogP contribution in [0.2, 0.25) is 10.0 Å². The van der Waals surface area contributed by atoms with E-state index < -0.39 is 0 Å². The van der Waals surface area contributed by atoms with Gasteiger partial charge in [0.15, 0.2) is 5.78 Å². The highest BCUT2D eigenvalue weighted by atomic mass is 35.5. The first-order valence-corrected chi connectivity index (χ1v) is 7.23. The minimum absolute atomic E-state index is 0.0932. The van der Waals surface area contributed by atoms with Gasteiger partial charge in [0.1, 0.15) is 0 Å². The molecule has 2 aromatic carbocycles. The molecule has 0 aromatic heterocycles. The molecule has 2 rings (SSSR count). The van der Waals surface area contributed by atoms with Gasteiger partial charge in [0, 0.05) is 21.0 Å². The van der Waals surface area contributed by atoms with Gasteiger partial charge in [-0.15, -0.1) is 11.8 Å². The van der Waals surface area contributed by atoms with Crippen LogP contribution in [0.15, 0.2) is 47.4 Å². The summed E-state index contributed by atoms with van der Waals surface area (Å²) in [4.78, 5) is 13.4. The quantitative estimate of drug-likeness (QED) is 0.589. The predicted octanol–water partition coefficient (Wildman–Crippen LogP) is 4.95. The number of hydrogen-bond acceptors (Lipinski definition) is 2. The second-order valence-corrected chi connectivity index (χ2v) is 5.41. The van der Waals surface area contributed by atoms with Crippen molar-refractivity contribution in [2.24, 2.45) is 0 Å². The van der Waals surface area contributed by atoms with E-state index in [0.29, 0.717) is 21.2 Å². The molecule has 0 heterocycles.